The van der Waals surface area contributed by atoms with Crippen LogP contribution in [0.4, 0.5) is 5.82 Å². The molecule has 0 aliphatic carbocycles. The van der Waals surface area contributed by atoms with Crippen LogP contribution in [0.5, 0.6) is 5.88 Å². The lowest BCUT2D eigenvalue weighted by Gasteiger charge is -2.17. The van der Waals surface area contributed by atoms with E-state index in [4.69, 9.17) is 11.2 Å². The zero-order valence-electron chi connectivity index (χ0n) is 10.8. The second-order valence-corrected chi connectivity index (χ2v) is 4.05. The van der Waals surface area contributed by atoms with E-state index >= 15 is 0 Å². The molecule has 4 heteroatoms. The molecule has 1 heterocycles. The lowest BCUT2D eigenvalue weighted by Crippen LogP contribution is -2.14. The molecule has 0 amide bonds. The molecule has 0 saturated heterocycles. The van der Waals surface area contributed by atoms with Gasteiger partial charge in [0.05, 0.1) is 5.56 Å². The molecule has 0 spiro atoms. The molecule has 4 nitrogen and oxygen atoms in total. The summed E-state index contributed by atoms with van der Waals surface area (Å²) in [4.78, 5) is 8.39. The third kappa shape index (κ3) is 3.35. The number of ether oxygens (including phenoxy) is 1. The van der Waals surface area contributed by atoms with Gasteiger partial charge in [0.15, 0.2) is 6.10 Å². The van der Waals surface area contributed by atoms with Gasteiger partial charge in [0.25, 0.3) is 0 Å². The van der Waals surface area contributed by atoms with Gasteiger partial charge >= 0.3 is 0 Å². The fourth-order valence-electron chi connectivity index (χ4n) is 1.50. The molecular weight excluding hydrogens is 214 g/mol. The lowest BCUT2D eigenvalue weighted by atomic mass is 10.1. The van der Waals surface area contributed by atoms with Crippen molar-refractivity contribution in [1.29, 1.82) is 0 Å². The Hall–Kier alpha value is -1.76. The Kier molecular flexibility index (Phi) is 4.77. The summed E-state index contributed by atoms with van der Waals surface area (Å²) in [5, 5.41) is 3.21. The molecular formula is C13H19N3O. The summed E-state index contributed by atoms with van der Waals surface area (Å²) in [6.45, 7) is 8.80. The van der Waals surface area contributed by atoms with Gasteiger partial charge in [-0.3, -0.25) is 0 Å². The molecule has 1 N–H and O–H groups in total. The van der Waals surface area contributed by atoms with E-state index in [-0.39, 0.29) is 12.0 Å². The Bertz CT molecular complexity index is 410. The Labute approximate surface area is 103 Å². The van der Waals surface area contributed by atoms with Gasteiger partial charge in [-0.05, 0) is 19.8 Å². The van der Waals surface area contributed by atoms with E-state index in [2.05, 4.69) is 35.1 Å². The molecule has 1 rings (SSSR count). The molecule has 0 saturated carbocycles. The topological polar surface area (TPSA) is 47.0 Å². The average Bonchev–Trinajstić information content (AvgIpc) is 2.29. The van der Waals surface area contributed by atoms with Crippen LogP contribution in [0.2, 0.25) is 0 Å². The Balaban J connectivity index is 3.11. The maximum absolute atomic E-state index is 5.62. The average molecular weight is 233 g/mol. The van der Waals surface area contributed by atoms with E-state index in [1.807, 2.05) is 13.8 Å². The van der Waals surface area contributed by atoms with Crippen molar-refractivity contribution in [2.45, 2.75) is 39.7 Å². The first-order valence-electron chi connectivity index (χ1n) is 5.81. The van der Waals surface area contributed by atoms with Crippen LogP contribution in [0.15, 0.2) is 6.33 Å². The van der Waals surface area contributed by atoms with Gasteiger partial charge in [-0.15, -0.1) is 6.42 Å². The molecule has 1 aromatic rings. The predicted molar refractivity (Wildman–Crippen MR) is 69.2 cm³/mol. The zero-order chi connectivity index (χ0) is 12.8. The number of anilines is 1. The molecule has 1 aromatic heterocycles. The van der Waals surface area contributed by atoms with E-state index < -0.39 is 0 Å². The van der Waals surface area contributed by atoms with Crippen molar-refractivity contribution in [3.05, 3.63) is 11.9 Å². The largest absolute Gasteiger partial charge is 0.461 e. The first-order valence-corrected chi connectivity index (χ1v) is 5.81. The normalized spacial score (nSPS) is 12.0. The van der Waals surface area contributed by atoms with Crippen LogP contribution in [0.1, 0.15) is 39.2 Å². The van der Waals surface area contributed by atoms with E-state index in [1.165, 1.54) is 6.33 Å². The van der Waals surface area contributed by atoms with Gasteiger partial charge in [0.1, 0.15) is 12.1 Å². The van der Waals surface area contributed by atoms with Crippen LogP contribution in [0.3, 0.4) is 0 Å². The van der Waals surface area contributed by atoms with Crippen molar-refractivity contribution in [2.75, 3.05) is 11.9 Å². The third-order valence-corrected chi connectivity index (χ3v) is 2.29. The second-order valence-electron chi connectivity index (χ2n) is 4.05. The number of aromatic nitrogens is 2. The van der Waals surface area contributed by atoms with Gasteiger partial charge < -0.3 is 10.1 Å². The number of nitrogens with one attached hydrogen (secondary N) is 1. The highest BCUT2D eigenvalue weighted by atomic mass is 16.5. The molecule has 0 radical (unpaired) electrons. The van der Waals surface area contributed by atoms with E-state index in [0.29, 0.717) is 5.88 Å². The van der Waals surface area contributed by atoms with Crippen molar-refractivity contribution < 1.29 is 4.74 Å². The summed E-state index contributed by atoms with van der Waals surface area (Å²) >= 11 is 0. The zero-order valence-corrected chi connectivity index (χ0v) is 10.8. The highest BCUT2D eigenvalue weighted by molar-refractivity contribution is 5.50. The van der Waals surface area contributed by atoms with E-state index in [0.717, 1.165) is 17.9 Å². The molecule has 0 aromatic carbocycles. The maximum Gasteiger partial charge on any atom is 0.223 e. The Morgan fingerprint density at radius 1 is 1.41 bits per heavy atom. The minimum Gasteiger partial charge on any atom is -0.461 e. The van der Waals surface area contributed by atoms with Crippen LogP contribution in [-0.2, 0) is 0 Å². The minimum absolute atomic E-state index is 0.269. The minimum atomic E-state index is -0.295. The Morgan fingerprint density at radius 2 is 2.12 bits per heavy atom. The summed E-state index contributed by atoms with van der Waals surface area (Å²) in [5.41, 5.74) is 0.969. The van der Waals surface area contributed by atoms with Crippen LogP contribution in [0, 0.1) is 12.3 Å². The van der Waals surface area contributed by atoms with E-state index in [9.17, 15) is 0 Å². The third-order valence-electron chi connectivity index (χ3n) is 2.29. The molecule has 1 unspecified atom stereocenters. The number of hydrogen-bond acceptors (Lipinski definition) is 4. The Morgan fingerprint density at radius 3 is 2.65 bits per heavy atom. The maximum atomic E-state index is 5.62. The van der Waals surface area contributed by atoms with Crippen molar-refractivity contribution in [3.8, 4) is 18.2 Å². The fraction of sp³-hybridized carbons (Fsp3) is 0.538. The second kappa shape index (κ2) is 6.09. The molecule has 0 fully saturated rings. The van der Waals surface area contributed by atoms with Crippen molar-refractivity contribution in [3.63, 3.8) is 0 Å². The standard InChI is InChI=1S/C13H19N3O/c1-6-10(5)17-13-11(9(3)4)12(14-7-2)15-8-16-13/h1,8-10H,7H2,2-5H3,(H,14,15,16). The van der Waals surface area contributed by atoms with Gasteiger partial charge in [0.2, 0.25) is 5.88 Å². The van der Waals surface area contributed by atoms with Crippen LogP contribution in [0.25, 0.3) is 0 Å². The lowest BCUT2D eigenvalue weighted by molar-refractivity contribution is 0.263. The fourth-order valence-corrected chi connectivity index (χ4v) is 1.50. The molecule has 0 aliphatic rings. The van der Waals surface area contributed by atoms with Gasteiger partial charge in [-0.25, -0.2) is 9.97 Å². The molecule has 1 atom stereocenters. The monoisotopic (exact) mass is 233 g/mol. The van der Waals surface area contributed by atoms with Crippen LogP contribution in [-0.4, -0.2) is 22.6 Å². The van der Waals surface area contributed by atoms with Crippen molar-refractivity contribution >= 4 is 5.82 Å². The summed E-state index contributed by atoms with van der Waals surface area (Å²) < 4.78 is 5.62. The van der Waals surface area contributed by atoms with Crippen molar-refractivity contribution in [1.82, 2.24) is 9.97 Å². The van der Waals surface area contributed by atoms with Crippen LogP contribution < -0.4 is 10.1 Å². The molecule has 17 heavy (non-hydrogen) atoms. The van der Waals surface area contributed by atoms with Crippen molar-refractivity contribution in [2.24, 2.45) is 0 Å². The molecule has 0 aliphatic heterocycles. The molecule has 0 bridgehead atoms. The van der Waals surface area contributed by atoms with Gasteiger partial charge in [0, 0.05) is 6.54 Å². The summed E-state index contributed by atoms with van der Waals surface area (Å²) in [5.74, 6) is 4.18. The smallest absolute Gasteiger partial charge is 0.223 e. The first-order chi connectivity index (χ1) is 8.10. The van der Waals surface area contributed by atoms with E-state index in [1.54, 1.807) is 0 Å². The number of rotatable bonds is 5. The first kappa shape index (κ1) is 13.3. The number of terminal acetylenes is 1. The highest BCUT2D eigenvalue weighted by Crippen LogP contribution is 2.30. The summed E-state index contributed by atoms with van der Waals surface area (Å²) in [6.07, 6.45) is 6.50. The highest BCUT2D eigenvalue weighted by Gasteiger charge is 2.16. The quantitative estimate of drug-likeness (QED) is 0.793. The summed E-state index contributed by atoms with van der Waals surface area (Å²) in [7, 11) is 0. The number of hydrogen-bond donors (Lipinski definition) is 1. The predicted octanol–water partition coefficient (Wildman–Crippen LogP) is 2.43. The van der Waals surface area contributed by atoms with Gasteiger partial charge in [-0.2, -0.15) is 0 Å². The number of nitrogens with zero attached hydrogens (tertiary/aromatic N) is 2. The SMILES string of the molecule is C#CC(C)Oc1ncnc(NCC)c1C(C)C. The van der Waals surface area contributed by atoms with Gasteiger partial charge in [-0.1, -0.05) is 19.8 Å². The van der Waals surface area contributed by atoms with Crippen LogP contribution >= 0.6 is 0 Å². The summed E-state index contributed by atoms with van der Waals surface area (Å²) in [6, 6.07) is 0. The molecule has 92 valence electrons.